The zero-order chi connectivity index (χ0) is 14.7. The molecule has 2 heterocycles. The number of aromatic nitrogens is 2. The first-order valence-corrected chi connectivity index (χ1v) is 7.88. The topological polar surface area (TPSA) is 49.3 Å². The van der Waals surface area contributed by atoms with Crippen LogP contribution in [0.2, 0.25) is 0 Å². The van der Waals surface area contributed by atoms with E-state index in [2.05, 4.69) is 37.5 Å². The molecule has 0 aliphatic carbocycles. The summed E-state index contributed by atoms with van der Waals surface area (Å²) in [5.74, 6) is 0.984. The first-order valence-electron chi connectivity index (χ1n) is 6.80. The van der Waals surface area contributed by atoms with Gasteiger partial charge in [0.25, 0.3) is 5.91 Å². The number of hydrogen-bond acceptors (Lipinski definition) is 4. The SMILES string of the molecule is O=C(c1ccccc1I)N1CCN(c2cnccn2)CC1. The van der Waals surface area contributed by atoms with Crippen LogP contribution in [0.3, 0.4) is 0 Å². The molecule has 108 valence electrons. The molecule has 0 radical (unpaired) electrons. The van der Waals surface area contributed by atoms with E-state index < -0.39 is 0 Å². The van der Waals surface area contributed by atoms with E-state index in [-0.39, 0.29) is 5.91 Å². The molecule has 0 saturated carbocycles. The minimum Gasteiger partial charge on any atom is -0.352 e. The Bertz CT molecular complexity index is 627. The van der Waals surface area contributed by atoms with Gasteiger partial charge in [-0.2, -0.15) is 0 Å². The summed E-state index contributed by atoms with van der Waals surface area (Å²) in [5, 5.41) is 0. The summed E-state index contributed by atoms with van der Waals surface area (Å²) in [5.41, 5.74) is 0.783. The van der Waals surface area contributed by atoms with Crippen LogP contribution in [0.5, 0.6) is 0 Å². The summed E-state index contributed by atoms with van der Waals surface area (Å²) in [4.78, 5) is 25.0. The molecule has 0 atom stereocenters. The van der Waals surface area contributed by atoms with E-state index in [1.807, 2.05) is 29.2 Å². The Kier molecular flexibility index (Phi) is 4.33. The van der Waals surface area contributed by atoms with Crippen molar-refractivity contribution in [1.82, 2.24) is 14.9 Å². The zero-order valence-electron chi connectivity index (χ0n) is 11.4. The molecule has 6 heteroatoms. The van der Waals surface area contributed by atoms with E-state index in [1.54, 1.807) is 18.6 Å². The number of halogens is 1. The minimum absolute atomic E-state index is 0.110. The van der Waals surface area contributed by atoms with Crippen LogP contribution >= 0.6 is 22.6 Å². The molecule has 0 N–H and O–H groups in total. The van der Waals surface area contributed by atoms with E-state index in [0.717, 1.165) is 28.0 Å². The lowest BCUT2D eigenvalue weighted by Crippen LogP contribution is -2.49. The van der Waals surface area contributed by atoms with Gasteiger partial charge >= 0.3 is 0 Å². The number of rotatable bonds is 2. The Hall–Kier alpha value is -1.70. The van der Waals surface area contributed by atoms with Crippen LogP contribution in [0, 0.1) is 3.57 Å². The van der Waals surface area contributed by atoms with Crippen LogP contribution in [0.4, 0.5) is 5.82 Å². The minimum atomic E-state index is 0.110. The molecule has 21 heavy (non-hydrogen) atoms. The molecule has 1 aliphatic rings. The van der Waals surface area contributed by atoms with Gasteiger partial charge in [-0.05, 0) is 34.7 Å². The molecule has 0 unspecified atom stereocenters. The lowest BCUT2D eigenvalue weighted by molar-refractivity contribution is 0.0745. The fourth-order valence-corrected chi connectivity index (χ4v) is 3.02. The largest absolute Gasteiger partial charge is 0.352 e. The molecule has 1 aliphatic heterocycles. The van der Waals surface area contributed by atoms with Crippen LogP contribution < -0.4 is 4.90 Å². The molecule has 1 fully saturated rings. The molecule has 0 bridgehead atoms. The average molecular weight is 394 g/mol. The molecule has 1 aromatic heterocycles. The zero-order valence-corrected chi connectivity index (χ0v) is 13.6. The predicted molar refractivity (Wildman–Crippen MR) is 89.3 cm³/mol. The lowest BCUT2D eigenvalue weighted by Gasteiger charge is -2.35. The van der Waals surface area contributed by atoms with Gasteiger partial charge in [-0.25, -0.2) is 4.98 Å². The number of amides is 1. The summed E-state index contributed by atoms with van der Waals surface area (Å²) < 4.78 is 0.997. The molecular weight excluding hydrogens is 379 g/mol. The summed E-state index contributed by atoms with van der Waals surface area (Å²) >= 11 is 2.21. The molecule has 3 rings (SSSR count). The number of hydrogen-bond donors (Lipinski definition) is 0. The number of benzene rings is 1. The van der Waals surface area contributed by atoms with Gasteiger partial charge in [-0.1, -0.05) is 12.1 Å². The molecule has 0 spiro atoms. The van der Waals surface area contributed by atoms with Crippen molar-refractivity contribution in [2.24, 2.45) is 0 Å². The highest BCUT2D eigenvalue weighted by Gasteiger charge is 2.23. The van der Waals surface area contributed by atoms with Crippen molar-refractivity contribution in [1.29, 1.82) is 0 Å². The van der Waals surface area contributed by atoms with Gasteiger partial charge in [0.05, 0.1) is 11.8 Å². The summed E-state index contributed by atoms with van der Waals surface area (Å²) in [6, 6.07) is 7.71. The van der Waals surface area contributed by atoms with Gasteiger partial charge in [0.15, 0.2) is 0 Å². The fraction of sp³-hybridized carbons (Fsp3) is 0.267. The first-order chi connectivity index (χ1) is 10.3. The fourth-order valence-electron chi connectivity index (χ4n) is 2.40. The number of carbonyl (C=O) groups excluding carboxylic acids is 1. The maximum Gasteiger partial charge on any atom is 0.255 e. The standard InChI is InChI=1S/C15H15IN4O/c16-13-4-2-1-3-12(13)15(21)20-9-7-19(8-10-20)14-11-17-5-6-18-14/h1-6,11H,7-10H2. The van der Waals surface area contributed by atoms with Crippen LogP contribution in [-0.4, -0.2) is 47.0 Å². The van der Waals surface area contributed by atoms with Crippen LogP contribution in [0.25, 0.3) is 0 Å². The number of anilines is 1. The second-order valence-corrected chi connectivity index (χ2v) is 5.98. The van der Waals surface area contributed by atoms with E-state index in [4.69, 9.17) is 0 Å². The van der Waals surface area contributed by atoms with Crippen molar-refractivity contribution in [3.05, 3.63) is 52.0 Å². The normalized spacial score (nSPS) is 15.1. The number of nitrogens with zero attached hydrogens (tertiary/aromatic N) is 4. The van der Waals surface area contributed by atoms with Gasteiger partial charge < -0.3 is 9.80 Å². The maximum absolute atomic E-state index is 12.5. The van der Waals surface area contributed by atoms with Gasteiger partial charge in [-0.3, -0.25) is 9.78 Å². The van der Waals surface area contributed by atoms with E-state index in [0.29, 0.717) is 13.1 Å². The third-order valence-electron chi connectivity index (χ3n) is 3.54. The number of carbonyl (C=O) groups is 1. The van der Waals surface area contributed by atoms with Crippen LogP contribution in [-0.2, 0) is 0 Å². The van der Waals surface area contributed by atoms with Crippen molar-refractivity contribution < 1.29 is 4.79 Å². The van der Waals surface area contributed by atoms with Gasteiger partial charge in [0.2, 0.25) is 0 Å². The van der Waals surface area contributed by atoms with Gasteiger partial charge in [0, 0.05) is 42.1 Å². The summed E-state index contributed by atoms with van der Waals surface area (Å²) in [6.07, 6.45) is 5.12. The molecular formula is C15H15IN4O. The van der Waals surface area contributed by atoms with Crippen LogP contribution in [0.1, 0.15) is 10.4 Å². The average Bonchev–Trinajstić information content (AvgIpc) is 2.56. The van der Waals surface area contributed by atoms with E-state index in [1.165, 1.54) is 0 Å². The van der Waals surface area contributed by atoms with Crippen molar-refractivity contribution in [3.63, 3.8) is 0 Å². The molecule has 1 saturated heterocycles. The quantitative estimate of drug-likeness (QED) is 0.732. The Morgan fingerprint density at radius 3 is 2.52 bits per heavy atom. The molecule has 5 nitrogen and oxygen atoms in total. The monoisotopic (exact) mass is 394 g/mol. The van der Waals surface area contributed by atoms with Crippen molar-refractivity contribution >= 4 is 34.3 Å². The van der Waals surface area contributed by atoms with Gasteiger partial charge in [-0.15, -0.1) is 0 Å². The Morgan fingerprint density at radius 2 is 1.86 bits per heavy atom. The highest BCUT2D eigenvalue weighted by molar-refractivity contribution is 14.1. The summed E-state index contributed by atoms with van der Waals surface area (Å²) in [6.45, 7) is 2.99. The number of piperazine rings is 1. The van der Waals surface area contributed by atoms with Gasteiger partial charge in [0.1, 0.15) is 5.82 Å². The first kappa shape index (κ1) is 14.2. The molecule has 1 aromatic carbocycles. The second kappa shape index (κ2) is 6.38. The third-order valence-corrected chi connectivity index (χ3v) is 4.49. The lowest BCUT2D eigenvalue weighted by atomic mass is 10.2. The van der Waals surface area contributed by atoms with Crippen LogP contribution in [0.15, 0.2) is 42.9 Å². The predicted octanol–water partition coefficient (Wildman–Crippen LogP) is 2.04. The third kappa shape index (κ3) is 3.15. The van der Waals surface area contributed by atoms with Crippen molar-refractivity contribution in [3.8, 4) is 0 Å². The van der Waals surface area contributed by atoms with Crippen molar-refractivity contribution in [2.45, 2.75) is 0 Å². The Labute approximate surface area is 137 Å². The smallest absolute Gasteiger partial charge is 0.255 e. The summed E-state index contributed by atoms with van der Waals surface area (Å²) in [7, 11) is 0. The van der Waals surface area contributed by atoms with Crippen molar-refractivity contribution in [2.75, 3.05) is 31.1 Å². The molecule has 1 amide bonds. The Balaban J connectivity index is 1.66. The maximum atomic E-state index is 12.5. The highest BCUT2D eigenvalue weighted by Crippen LogP contribution is 2.17. The van der Waals surface area contributed by atoms with E-state index in [9.17, 15) is 4.79 Å². The second-order valence-electron chi connectivity index (χ2n) is 4.82. The molecule has 2 aromatic rings. The van der Waals surface area contributed by atoms with E-state index >= 15 is 0 Å². The highest BCUT2D eigenvalue weighted by atomic mass is 127. The Morgan fingerprint density at radius 1 is 1.10 bits per heavy atom.